The highest BCUT2D eigenvalue weighted by Crippen LogP contribution is 2.40. The summed E-state index contributed by atoms with van der Waals surface area (Å²) in [7, 11) is 0. The summed E-state index contributed by atoms with van der Waals surface area (Å²) in [5.41, 5.74) is 4.61. The molecule has 6 rings (SSSR count). The molecular weight excluding hydrogens is 666 g/mol. The van der Waals surface area contributed by atoms with E-state index in [1.165, 1.54) is 0 Å². The first-order chi connectivity index (χ1) is 24.6. The summed E-state index contributed by atoms with van der Waals surface area (Å²) < 4.78 is 22.8. The molecule has 0 radical (unpaired) electrons. The van der Waals surface area contributed by atoms with Crippen LogP contribution in [-0.4, -0.2) is 107 Å². The summed E-state index contributed by atoms with van der Waals surface area (Å²) >= 11 is 0. The number of hydrogen-bond acceptors (Lipinski definition) is 13. The molecule has 3 aliphatic rings. The second-order valence-electron chi connectivity index (χ2n) is 15.3. The number of carbonyl (C=O) groups is 2. The largest absolute Gasteiger partial charge is 0.474 e. The van der Waals surface area contributed by atoms with Crippen LogP contribution >= 0.6 is 0 Å². The third-order valence-corrected chi connectivity index (χ3v) is 8.89. The van der Waals surface area contributed by atoms with E-state index in [4.69, 9.17) is 28.9 Å². The summed E-state index contributed by atoms with van der Waals surface area (Å²) in [5, 5.41) is 3.31. The standard InChI is InChI=1S/C37H51N9O6/c1-24-19-27(21-38-31(24)46(35(48)52-37(6,7)8)12-11-43-13-16-49-17-14-43)41-33-40-20-26-9-10-44(23-28(26)42-33)29-22-39-32-30(25(29)2)45(15-18-50-32)34(47)51-36(3,4)5/h19-22H,9-18,23H2,1-8H3,(H,40,41,42). The number of nitrogens with zero attached hydrogens (tertiary/aromatic N) is 8. The van der Waals surface area contributed by atoms with Gasteiger partial charge in [-0.05, 0) is 79.0 Å². The molecule has 0 bridgehead atoms. The number of aryl methyl sites for hydroxylation is 1. The lowest BCUT2D eigenvalue weighted by molar-refractivity contribution is 0.0374. The van der Waals surface area contributed by atoms with E-state index in [2.05, 4.69) is 25.1 Å². The smallest absolute Gasteiger partial charge is 0.416 e. The zero-order valence-electron chi connectivity index (χ0n) is 31.6. The molecular formula is C37H51N9O6. The van der Waals surface area contributed by atoms with Crippen LogP contribution in [0.15, 0.2) is 24.7 Å². The van der Waals surface area contributed by atoms with Crippen molar-refractivity contribution in [2.45, 2.75) is 79.6 Å². The number of aromatic nitrogens is 4. The highest BCUT2D eigenvalue weighted by molar-refractivity contribution is 5.92. The van der Waals surface area contributed by atoms with Gasteiger partial charge in [-0.2, -0.15) is 0 Å². The topological polar surface area (TPSA) is 148 Å². The highest BCUT2D eigenvalue weighted by atomic mass is 16.6. The Morgan fingerprint density at radius 1 is 0.923 bits per heavy atom. The Morgan fingerprint density at radius 2 is 1.67 bits per heavy atom. The quantitative estimate of drug-likeness (QED) is 0.333. The molecule has 3 aromatic rings. The van der Waals surface area contributed by atoms with Crippen LogP contribution < -0.4 is 24.8 Å². The number of fused-ring (bicyclic) bond motifs is 2. The lowest BCUT2D eigenvalue weighted by Crippen LogP contribution is -2.45. The minimum atomic E-state index is -0.646. The first-order valence-electron chi connectivity index (χ1n) is 17.9. The van der Waals surface area contributed by atoms with Gasteiger partial charge in [-0.25, -0.2) is 29.5 Å². The van der Waals surface area contributed by atoms with E-state index in [1.807, 2.05) is 67.7 Å². The number of rotatable bonds is 7. The summed E-state index contributed by atoms with van der Waals surface area (Å²) in [4.78, 5) is 53.1. The van der Waals surface area contributed by atoms with Gasteiger partial charge in [0.25, 0.3) is 0 Å². The van der Waals surface area contributed by atoms with Crippen LogP contribution in [0.2, 0.25) is 0 Å². The molecule has 1 fully saturated rings. The van der Waals surface area contributed by atoms with Gasteiger partial charge in [0, 0.05) is 44.5 Å². The van der Waals surface area contributed by atoms with E-state index in [9.17, 15) is 9.59 Å². The van der Waals surface area contributed by atoms with E-state index in [0.717, 1.165) is 54.1 Å². The highest BCUT2D eigenvalue weighted by Gasteiger charge is 2.33. The molecule has 0 atom stereocenters. The predicted molar refractivity (Wildman–Crippen MR) is 198 cm³/mol. The van der Waals surface area contributed by atoms with Crippen LogP contribution in [-0.2, 0) is 27.2 Å². The van der Waals surface area contributed by atoms with Crippen LogP contribution in [0.25, 0.3) is 0 Å². The maximum Gasteiger partial charge on any atom is 0.416 e. The second-order valence-corrected chi connectivity index (χ2v) is 15.3. The van der Waals surface area contributed by atoms with Crippen LogP contribution in [0.5, 0.6) is 5.88 Å². The Balaban J connectivity index is 1.18. The molecule has 6 heterocycles. The predicted octanol–water partition coefficient (Wildman–Crippen LogP) is 5.40. The Bertz CT molecular complexity index is 1780. The molecule has 280 valence electrons. The maximum absolute atomic E-state index is 13.4. The van der Waals surface area contributed by atoms with Crippen molar-refractivity contribution in [1.82, 2.24) is 24.8 Å². The number of ether oxygens (including phenoxy) is 4. The van der Waals surface area contributed by atoms with Crippen molar-refractivity contribution in [1.29, 1.82) is 0 Å². The number of anilines is 5. The van der Waals surface area contributed by atoms with Crippen molar-refractivity contribution in [2.75, 3.05) is 79.1 Å². The van der Waals surface area contributed by atoms with Crippen molar-refractivity contribution in [2.24, 2.45) is 0 Å². The molecule has 1 N–H and O–H groups in total. The van der Waals surface area contributed by atoms with E-state index >= 15 is 0 Å². The molecule has 15 heteroatoms. The summed E-state index contributed by atoms with van der Waals surface area (Å²) in [5.74, 6) is 1.40. The number of hydrogen-bond donors (Lipinski definition) is 1. The van der Waals surface area contributed by atoms with Gasteiger partial charge in [0.1, 0.15) is 29.3 Å². The summed E-state index contributed by atoms with van der Waals surface area (Å²) in [6.07, 6.45) is 5.24. The molecule has 1 saturated heterocycles. The number of carbonyl (C=O) groups excluding carboxylic acids is 2. The maximum atomic E-state index is 13.4. The van der Waals surface area contributed by atoms with Gasteiger partial charge in [-0.3, -0.25) is 14.7 Å². The molecule has 3 aromatic heterocycles. The van der Waals surface area contributed by atoms with Crippen LogP contribution in [0.1, 0.15) is 63.9 Å². The zero-order valence-corrected chi connectivity index (χ0v) is 31.6. The lowest BCUT2D eigenvalue weighted by atomic mass is 10.0. The number of pyridine rings is 2. The number of nitrogens with one attached hydrogen (secondary N) is 1. The fourth-order valence-electron chi connectivity index (χ4n) is 6.43. The Morgan fingerprint density at radius 3 is 2.38 bits per heavy atom. The van der Waals surface area contributed by atoms with Gasteiger partial charge in [0.15, 0.2) is 0 Å². The van der Waals surface area contributed by atoms with E-state index in [0.29, 0.717) is 75.0 Å². The Hall–Kier alpha value is -4.76. The third-order valence-electron chi connectivity index (χ3n) is 8.89. The van der Waals surface area contributed by atoms with E-state index < -0.39 is 23.4 Å². The third kappa shape index (κ3) is 8.81. The molecule has 52 heavy (non-hydrogen) atoms. The van der Waals surface area contributed by atoms with Crippen molar-refractivity contribution < 1.29 is 28.5 Å². The number of morpholine rings is 1. The first-order valence-corrected chi connectivity index (χ1v) is 17.9. The second kappa shape index (κ2) is 15.1. The van der Waals surface area contributed by atoms with Gasteiger partial charge >= 0.3 is 12.2 Å². The average molecular weight is 718 g/mol. The van der Waals surface area contributed by atoms with Gasteiger partial charge in [0.05, 0.1) is 55.8 Å². The van der Waals surface area contributed by atoms with Crippen molar-refractivity contribution in [3.05, 3.63) is 47.0 Å². The zero-order chi connectivity index (χ0) is 37.2. The van der Waals surface area contributed by atoms with E-state index in [-0.39, 0.29) is 0 Å². The first kappa shape index (κ1) is 37.0. The van der Waals surface area contributed by atoms with Crippen LogP contribution in [0, 0.1) is 13.8 Å². The van der Waals surface area contributed by atoms with Crippen molar-refractivity contribution in [3.8, 4) is 5.88 Å². The Labute approximate surface area is 305 Å². The van der Waals surface area contributed by atoms with Crippen molar-refractivity contribution in [3.63, 3.8) is 0 Å². The minimum Gasteiger partial charge on any atom is -0.474 e. The van der Waals surface area contributed by atoms with Gasteiger partial charge in [-0.15, -0.1) is 0 Å². The molecule has 0 unspecified atom stereocenters. The molecule has 0 saturated carbocycles. The summed E-state index contributed by atoms with van der Waals surface area (Å²) in [6.45, 7) is 21.2. The molecule has 0 spiro atoms. The normalized spacial score (nSPS) is 16.4. The average Bonchev–Trinajstić information content (AvgIpc) is 3.08. The lowest BCUT2D eigenvalue weighted by Gasteiger charge is -2.35. The molecule has 2 amide bonds. The number of amides is 2. The molecule has 0 aromatic carbocycles. The monoisotopic (exact) mass is 717 g/mol. The van der Waals surface area contributed by atoms with Gasteiger partial charge in [-0.1, -0.05) is 0 Å². The van der Waals surface area contributed by atoms with Gasteiger partial charge < -0.3 is 29.2 Å². The van der Waals surface area contributed by atoms with Crippen molar-refractivity contribution >= 4 is 41.0 Å². The van der Waals surface area contributed by atoms with E-state index in [1.54, 1.807) is 22.2 Å². The van der Waals surface area contributed by atoms with Crippen LogP contribution in [0.4, 0.5) is 38.4 Å². The molecule has 3 aliphatic heterocycles. The molecule has 15 nitrogen and oxygen atoms in total. The molecule has 0 aliphatic carbocycles. The fraction of sp³-hybridized carbons (Fsp3) is 0.568. The van der Waals surface area contributed by atoms with Crippen LogP contribution in [0.3, 0.4) is 0 Å². The summed E-state index contributed by atoms with van der Waals surface area (Å²) in [6, 6.07) is 1.93. The minimum absolute atomic E-state index is 0.344. The fourth-order valence-corrected chi connectivity index (χ4v) is 6.43. The Kier molecular flexibility index (Phi) is 10.7. The SMILES string of the molecule is Cc1cc(Nc2ncc3c(n2)CN(c2cnc4c(c2C)N(C(=O)OC(C)(C)C)CCO4)CC3)cnc1N(CCN1CCOCC1)C(=O)OC(C)(C)C. The van der Waals surface area contributed by atoms with Gasteiger partial charge in [0.2, 0.25) is 11.8 Å².